The van der Waals surface area contributed by atoms with Gasteiger partial charge in [0.15, 0.2) is 8.32 Å². The monoisotopic (exact) mass is 344 g/mol. The SMILES string of the molecule is C[C@@H](CO)[C@]1(O[Si](C)(C)C(C)(C)C)CCCCC[C@H](O)C1(C)C. The van der Waals surface area contributed by atoms with E-state index in [-0.39, 0.29) is 29.1 Å². The van der Waals surface area contributed by atoms with E-state index < -0.39 is 13.9 Å². The fraction of sp³-hybridized carbons (Fsp3) is 1.00. The lowest BCUT2D eigenvalue weighted by atomic mass is 9.61. The standard InChI is InChI=1S/C19H40O3Si/c1-15(14-20)19(22-23(7,8)17(2,3)4)13-11-9-10-12-16(21)18(19,5)6/h15-16,20-21H,9-14H2,1-8H3/t15-,16-,19+/m0/s1. The number of hydrogen-bond acceptors (Lipinski definition) is 3. The van der Waals surface area contributed by atoms with Crippen molar-refractivity contribution in [3.63, 3.8) is 0 Å². The molecule has 0 aliphatic heterocycles. The molecule has 0 heterocycles. The second-order valence-electron chi connectivity index (χ2n) is 9.67. The van der Waals surface area contributed by atoms with E-state index >= 15 is 0 Å². The predicted octanol–water partition coefficient (Wildman–Crippen LogP) is 4.73. The highest BCUT2D eigenvalue weighted by atomic mass is 28.4. The molecule has 0 radical (unpaired) electrons. The summed E-state index contributed by atoms with van der Waals surface area (Å²) in [4.78, 5) is 0. The zero-order chi connectivity index (χ0) is 18.1. The van der Waals surface area contributed by atoms with Crippen LogP contribution in [0.1, 0.15) is 73.6 Å². The van der Waals surface area contributed by atoms with Crippen molar-refractivity contribution in [3.8, 4) is 0 Å². The first-order valence-corrected chi connectivity index (χ1v) is 12.2. The summed E-state index contributed by atoms with van der Waals surface area (Å²) in [5, 5.41) is 21.0. The summed E-state index contributed by atoms with van der Waals surface area (Å²) >= 11 is 0. The average molecular weight is 345 g/mol. The maximum absolute atomic E-state index is 10.9. The molecular formula is C19H40O3Si. The highest BCUT2D eigenvalue weighted by Gasteiger charge is 2.56. The molecule has 1 fully saturated rings. The Hall–Kier alpha value is 0.0969. The summed E-state index contributed by atoms with van der Waals surface area (Å²) in [6.45, 7) is 17.8. The van der Waals surface area contributed by atoms with Crippen LogP contribution in [0.4, 0.5) is 0 Å². The maximum atomic E-state index is 10.9. The van der Waals surface area contributed by atoms with Crippen LogP contribution in [0.25, 0.3) is 0 Å². The number of rotatable bonds is 4. The highest BCUT2D eigenvalue weighted by molar-refractivity contribution is 6.74. The third kappa shape index (κ3) is 4.02. The van der Waals surface area contributed by atoms with Crippen LogP contribution in [-0.2, 0) is 4.43 Å². The molecule has 0 aromatic carbocycles. The average Bonchev–Trinajstić information content (AvgIpc) is 2.41. The Morgan fingerprint density at radius 1 is 1.17 bits per heavy atom. The Kier molecular flexibility index (Phi) is 6.57. The molecule has 0 aromatic heterocycles. The topological polar surface area (TPSA) is 49.7 Å². The van der Waals surface area contributed by atoms with Crippen LogP contribution in [-0.4, -0.2) is 36.8 Å². The number of aliphatic hydroxyl groups is 2. The summed E-state index contributed by atoms with van der Waals surface area (Å²) in [7, 11) is -2.02. The van der Waals surface area contributed by atoms with Crippen molar-refractivity contribution < 1.29 is 14.6 Å². The second-order valence-corrected chi connectivity index (χ2v) is 14.4. The van der Waals surface area contributed by atoms with Crippen LogP contribution in [0.3, 0.4) is 0 Å². The molecule has 4 heteroatoms. The summed E-state index contributed by atoms with van der Waals surface area (Å²) in [5.74, 6) is 0.0133. The number of aliphatic hydroxyl groups excluding tert-OH is 2. The lowest BCUT2D eigenvalue weighted by molar-refractivity contribution is -0.163. The van der Waals surface area contributed by atoms with E-state index in [0.29, 0.717) is 0 Å². The molecule has 3 nitrogen and oxygen atoms in total. The second kappa shape index (κ2) is 7.15. The quantitative estimate of drug-likeness (QED) is 0.725. The zero-order valence-corrected chi connectivity index (χ0v) is 17.7. The van der Waals surface area contributed by atoms with Gasteiger partial charge in [-0.2, -0.15) is 0 Å². The summed E-state index contributed by atoms with van der Waals surface area (Å²) in [6.07, 6.45) is 4.68. The van der Waals surface area contributed by atoms with E-state index in [0.717, 1.165) is 32.1 Å². The van der Waals surface area contributed by atoms with Gasteiger partial charge in [-0.25, -0.2) is 0 Å². The van der Waals surface area contributed by atoms with E-state index in [1.54, 1.807) is 0 Å². The minimum atomic E-state index is -2.02. The molecule has 1 saturated carbocycles. The molecule has 1 aliphatic rings. The first-order chi connectivity index (χ1) is 10.3. The Labute approximate surface area is 145 Å². The van der Waals surface area contributed by atoms with Crippen LogP contribution < -0.4 is 0 Å². The van der Waals surface area contributed by atoms with Gasteiger partial charge in [-0.1, -0.05) is 60.8 Å². The Bertz CT molecular complexity index is 387. The molecule has 0 unspecified atom stereocenters. The normalized spacial score (nSPS) is 31.3. The molecular weight excluding hydrogens is 304 g/mol. The maximum Gasteiger partial charge on any atom is 0.192 e. The fourth-order valence-corrected chi connectivity index (χ4v) is 5.57. The lowest BCUT2D eigenvalue weighted by Crippen LogP contribution is -2.63. The van der Waals surface area contributed by atoms with Gasteiger partial charge in [0.1, 0.15) is 0 Å². The van der Waals surface area contributed by atoms with Crippen molar-refractivity contribution in [1.29, 1.82) is 0 Å². The molecule has 23 heavy (non-hydrogen) atoms. The molecule has 1 rings (SSSR count). The third-order valence-corrected chi connectivity index (χ3v) is 11.2. The molecule has 0 bridgehead atoms. The third-order valence-electron chi connectivity index (χ3n) is 6.76. The van der Waals surface area contributed by atoms with Crippen molar-refractivity contribution >= 4 is 8.32 Å². The van der Waals surface area contributed by atoms with Crippen molar-refractivity contribution in [2.45, 2.75) is 103 Å². The first-order valence-electron chi connectivity index (χ1n) is 9.31. The van der Waals surface area contributed by atoms with Gasteiger partial charge in [0.05, 0.1) is 11.7 Å². The smallest absolute Gasteiger partial charge is 0.192 e. The van der Waals surface area contributed by atoms with Crippen LogP contribution in [0, 0.1) is 11.3 Å². The van der Waals surface area contributed by atoms with Gasteiger partial charge >= 0.3 is 0 Å². The van der Waals surface area contributed by atoms with Gasteiger partial charge in [-0.3, -0.25) is 0 Å². The number of hydrogen-bond donors (Lipinski definition) is 2. The molecule has 0 spiro atoms. The molecule has 3 atom stereocenters. The van der Waals surface area contributed by atoms with Gasteiger partial charge in [-0.05, 0) is 31.0 Å². The zero-order valence-electron chi connectivity index (χ0n) is 16.7. The van der Waals surface area contributed by atoms with E-state index in [9.17, 15) is 10.2 Å². The van der Waals surface area contributed by atoms with Gasteiger partial charge in [0.25, 0.3) is 0 Å². The van der Waals surface area contributed by atoms with Gasteiger partial charge in [-0.15, -0.1) is 0 Å². The fourth-order valence-electron chi connectivity index (χ4n) is 3.79. The Morgan fingerprint density at radius 3 is 2.22 bits per heavy atom. The van der Waals surface area contributed by atoms with Gasteiger partial charge in [0, 0.05) is 17.9 Å². The molecule has 1 aliphatic carbocycles. The van der Waals surface area contributed by atoms with Crippen molar-refractivity contribution in [3.05, 3.63) is 0 Å². The largest absolute Gasteiger partial charge is 0.410 e. The summed E-state index contributed by atoms with van der Waals surface area (Å²) < 4.78 is 7.02. The first kappa shape index (κ1) is 21.1. The van der Waals surface area contributed by atoms with E-state index in [4.69, 9.17) is 4.43 Å². The molecule has 2 N–H and O–H groups in total. The molecule has 0 amide bonds. The summed E-state index contributed by atoms with van der Waals surface area (Å²) in [6, 6.07) is 0. The van der Waals surface area contributed by atoms with Crippen LogP contribution >= 0.6 is 0 Å². The minimum Gasteiger partial charge on any atom is -0.410 e. The minimum absolute atomic E-state index is 0.0133. The summed E-state index contributed by atoms with van der Waals surface area (Å²) in [5.41, 5.74) is -0.838. The molecule has 138 valence electrons. The predicted molar refractivity (Wildman–Crippen MR) is 100 cm³/mol. The van der Waals surface area contributed by atoms with Crippen molar-refractivity contribution in [1.82, 2.24) is 0 Å². The van der Waals surface area contributed by atoms with Gasteiger partial charge in [0.2, 0.25) is 0 Å². The highest BCUT2D eigenvalue weighted by Crippen LogP contribution is 2.52. The van der Waals surface area contributed by atoms with E-state index in [2.05, 4.69) is 54.6 Å². The lowest BCUT2D eigenvalue weighted by Gasteiger charge is -2.57. The van der Waals surface area contributed by atoms with Crippen molar-refractivity contribution in [2.75, 3.05) is 6.61 Å². The Morgan fingerprint density at radius 2 is 1.74 bits per heavy atom. The van der Waals surface area contributed by atoms with Crippen LogP contribution in [0.15, 0.2) is 0 Å². The van der Waals surface area contributed by atoms with Gasteiger partial charge < -0.3 is 14.6 Å². The van der Waals surface area contributed by atoms with E-state index in [1.807, 2.05) is 0 Å². The molecule has 0 saturated heterocycles. The van der Waals surface area contributed by atoms with Crippen molar-refractivity contribution in [2.24, 2.45) is 11.3 Å². The van der Waals surface area contributed by atoms with E-state index in [1.165, 1.54) is 0 Å². The molecule has 0 aromatic rings. The Balaban J connectivity index is 3.38. The van der Waals surface area contributed by atoms with Crippen LogP contribution in [0.5, 0.6) is 0 Å². The van der Waals surface area contributed by atoms with Crippen LogP contribution in [0.2, 0.25) is 18.1 Å².